The number of ether oxygens (including phenoxy) is 1. The molecule has 114 valence electrons. The molecule has 5 nitrogen and oxygen atoms in total. The summed E-state index contributed by atoms with van der Waals surface area (Å²) < 4.78 is 5.07. The van der Waals surface area contributed by atoms with Crippen LogP contribution < -0.4 is 5.32 Å². The molecule has 0 aromatic carbocycles. The molecule has 0 aromatic rings. The Hall–Kier alpha value is -0.650. The number of nitrogens with zero attached hydrogens (tertiary/aromatic N) is 1. The molecule has 0 fully saturated rings. The second-order valence-electron chi connectivity index (χ2n) is 4.80. The quantitative estimate of drug-likeness (QED) is 0.566. The van der Waals surface area contributed by atoms with Crippen molar-refractivity contribution in [3.05, 3.63) is 0 Å². The number of carboxylic acid groups (broad SMARTS) is 1. The van der Waals surface area contributed by atoms with Gasteiger partial charge in [0.1, 0.15) is 5.54 Å². The van der Waals surface area contributed by atoms with Gasteiger partial charge in [0, 0.05) is 13.7 Å². The van der Waals surface area contributed by atoms with Gasteiger partial charge in [0.2, 0.25) is 0 Å². The average molecular weight is 274 g/mol. The lowest BCUT2D eigenvalue weighted by Gasteiger charge is -2.30. The van der Waals surface area contributed by atoms with E-state index in [2.05, 4.69) is 17.1 Å². The van der Waals surface area contributed by atoms with E-state index in [4.69, 9.17) is 4.74 Å². The van der Waals surface area contributed by atoms with Gasteiger partial charge in [-0.25, -0.2) is 0 Å². The maximum absolute atomic E-state index is 11.5. The topological polar surface area (TPSA) is 61.8 Å². The molecule has 0 aliphatic heterocycles. The van der Waals surface area contributed by atoms with Crippen molar-refractivity contribution < 1.29 is 14.6 Å². The molecular formula is C14H30N2O3. The third kappa shape index (κ3) is 6.36. The molecule has 0 saturated heterocycles. The number of rotatable bonds is 12. The molecule has 2 N–H and O–H groups in total. The molecule has 0 aliphatic carbocycles. The van der Waals surface area contributed by atoms with Crippen molar-refractivity contribution >= 4 is 5.97 Å². The lowest BCUT2D eigenvalue weighted by Crippen LogP contribution is -2.52. The normalized spacial score (nSPS) is 14.6. The van der Waals surface area contributed by atoms with Gasteiger partial charge in [-0.15, -0.1) is 0 Å². The zero-order valence-electron chi connectivity index (χ0n) is 12.9. The van der Waals surface area contributed by atoms with Gasteiger partial charge in [-0.05, 0) is 38.9 Å². The van der Waals surface area contributed by atoms with Gasteiger partial charge in [-0.2, -0.15) is 0 Å². The summed E-state index contributed by atoms with van der Waals surface area (Å²) in [6, 6.07) is 0. The van der Waals surface area contributed by atoms with E-state index in [1.54, 1.807) is 7.11 Å². The van der Waals surface area contributed by atoms with Crippen molar-refractivity contribution in [2.45, 2.75) is 45.6 Å². The van der Waals surface area contributed by atoms with E-state index in [0.29, 0.717) is 19.4 Å². The molecule has 0 heterocycles. The number of carbonyl (C=O) groups is 1. The summed E-state index contributed by atoms with van der Waals surface area (Å²) in [4.78, 5) is 13.8. The molecule has 0 amide bonds. The van der Waals surface area contributed by atoms with Crippen LogP contribution >= 0.6 is 0 Å². The maximum Gasteiger partial charge on any atom is 0.323 e. The highest BCUT2D eigenvalue weighted by Gasteiger charge is 2.34. The second-order valence-corrected chi connectivity index (χ2v) is 4.80. The number of hydrogen-bond donors (Lipinski definition) is 2. The van der Waals surface area contributed by atoms with Crippen LogP contribution in [0.3, 0.4) is 0 Å². The minimum atomic E-state index is -0.768. The highest BCUT2D eigenvalue weighted by atomic mass is 16.5. The standard InChI is InChI=1S/C14H30N2O3/c1-5-14(13(17)18,15-6-2)9-8-10-16(7-3)11-12-19-4/h15H,5-12H2,1-4H3,(H,17,18). The number of hydrogen-bond acceptors (Lipinski definition) is 4. The first-order chi connectivity index (χ1) is 9.06. The molecule has 0 aliphatic rings. The van der Waals surface area contributed by atoms with Crippen molar-refractivity contribution in [1.82, 2.24) is 10.2 Å². The largest absolute Gasteiger partial charge is 0.480 e. The molecule has 0 rings (SSSR count). The van der Waals surface area contributed by atoms with Crippen LogP contribution in [0.25, 0.3) is 0 Å². The predicted octanol–water partition coefficient (Wildman–Crippen LogP) is 1.58. The maximum atomic E-state index is 11.5. The van der Waals surface area contributed by atoms with Crippen molar-refractivity contribution in [1.29, 1.82) is 0 Å². The Morgan fingerprint density at radius 3 is 2.42 bits per heavy atom. The highest BCUT2D eigenvalue weighted by Crippen LogP contribution is 2.18. The summed E-state index contributed by atoms with van der Waals surface area (Å²) in [6.45, 7) is 10.2. The second kappa shape index (κ2) is 10.2. The number of aliphatic carboxylic acids is 1. The Morgan fingerprint density at radius 2 is 2.00 bits per heavy atom. The third-order valence-electron chi connectivity index (χ3n) is 3.66. The van der Waals surface area contributed by atoms with Crippen LogP contribution in [0.4, 0.5) is 0 Å². The van der Waals surface area contributed by atoms with E-state index in [9.17, 15) is 9.90 Å². The number of nitrogens with one attached hydrogen (secondary N) is 1. The Balaban J connectivity index is 4.27. The Bertz CT molecular complexity index is 249. The number of likely N-dealkylation sites (N-methyl/N-ethyl adjacent to an activating group) is 2. The molecule has 0 spiro atoms. The van der Waals surface area contributed by atoms with E-state index >= 15 is 0 Å². The van der Waals surface area contributed by atoms with Gasteiger partial charge in [-0.1, -0.05) is 20.8 Å². The monoisotopic (exact) mass is 274 g/mol. The van der Waals surface area contributed by atoms with E-state index in [1.165, 1.54) is 0 Å². The smallest absolute Gasteiger partial charge is 0.323 e. The molecule has 0 aromatic heterocycles. The number of carboxylic acids is 1. The SMILES string of the molecule is CCNC(CC)(CCCN(CC)CCOC)C(=O)O. The predicted molar refractivity (Wildman–Crippen MR) is 77.6 cm³/mol. The minimum absolute atomic E-state index is 0.611. The summed E-state index contributed by atoms with van der Waals surface area (Å²) in [6.07, 6.45) is 2.15. The lowest BCUT2D eigenvalue weighted by molar-refractivity contribution is -0.145. The van der Waals surface area contributed by atoms with E-state index in [-0.39, 0.29) is 0 Å². The molecule has 1 unspecified atom stereocenters. The molecule has 19 heavy (non-hydrogen) atoms. The third-order valence-corrected chi connectivity index (χ3v) is 3.66. The summed E-state index contributed by atoms with van der Waals surface area (Å²) >= 11 is 0. The van der Waals surface area contributed by atoms with Crippen molar-refractivity contribution in [3.8, 4) is 0 Å². The summed E-state index contributed by atoms with van der Waals surface area (Å²) in [5, 5.41) is 12.6. The Labute approximate surface area is 117 Å². The van der Waals surface area contributed by atoms with Gasteiger partial charge < -0.3 is 20.1 Å². The molecule has 0 bridgehead atoms. The summed E-state index contributed by atoms with van der Waals surface area (Å²) in [7, 11) is 1.70. The highest BCUT2D eigenvalue weighted by molar-refractivity contribution is 5.78. The van der Waals surface area contributed by atoms with E-state index in [1.807, 2.05) is 13.8 Å². The van der Waals surface area contributed by atoms with Gasteiger partial charge >= 0.3 is 5.97 Å². The Morgan fingerprint density at radius 1 is 1.32 bits per heavy atom. The fourth-order valence-corrected chi connectivity index (χ4v) is 2.32. The minimum Gasteiger partial charge on any atom is -0.480 e. The van der Waals surface area contributed by atoms with E-state index in [0.717, 1.165) is 32.7 Å². The molecule has 0 radical (unpaired) electrons. The van der Waals surface area contributed by atoms with Crippen LogP contribution in [-0.4, -0.2) is 61.4 Å². The van der Waals surface area contributed by atoms with Crippen LogP contribution in [0.5, 0.6) is 0 Å². The average Bonchev–Trinajstić information content (AvgIpc) is 2.41. The fourth-order valence-electron chi connectivity index (χ4n) is 2.32. The zero-order chi connectivity index (χ0) is 14.7. The van der Waals surface area contributed by atoms with Gasteiger partial charge in [0.15, 0.2) is 0 Å². The zero-order valence-corrected chi connectivity index (χ0v) is 12.9. The number of methoxy groups -OCH3 is 1. The van der Waals surface area contributed by atoms with Gasteiger partial charge in [0.25, 0.3) is 0 Å². The van der Waals surface area contributed by atoms with Crippen molar-refractivity contribution in [3.63, 3.8) is 0 Å². The van der Waals surface area contributed by atoms with Gasteiger partial charge in [-0.3, -0.25) is 4.79 Å². The lowest BCUT2D eigenvalue weighted by atomic mass is 9.90. The molecule has 0 saturated carbocycles. The van der Waals surface area contributed by atoms with Crippen molar-refractivity contribution in [2.24, 2.45) is 0 Å². The first-order valence-electron chi connectivity index (χ1n) is 7.26. The molecular weight excluding hydrogens is 244 g/mol. The first-order valence-corrected chi connectivity index (χ1v) is 7.26. The van der Waals surface area contributed by atoms with Crippen LogP contribution in [0.2, 0.25) is 0 Å². The van der Waals surface area contributed by atoms with E-state index < -0.39 is 11.5 Å². The van der Waals surface area contributed by atoms with Crippen LogP contribution in [0.1, 0.15) is 40.0 Å². The van der Waals surface area contributed by atoms with Crippen LogP contribution in [0.15, 0.2) is 0 Å². The Kier molecular flexibility index (Phi) is 9.83. The molecule has 1 atom stereocenters. The first kappa shape index (κ1) is 18.4. The fraction of sp³-hybridized carbons (Fsp3) is 0.929. The van der Waals surface area contributed by atoms with Crippen LogP contribution in [0, 0.1) is 0 Å². The van der Waals surface area contributed by atoms with Crippen LogP contribution in [-0.2, 0) is 9.53 Å². The van der Waals surface area contributed by atoms with Crippen molar-refractivity contribution in [2.75, 3.05) is 39.9 Å². The summed E-state index contributed by atoms with van der Waals surface area (Å²) in [5.41, 5.74) is -0.768. The van der Waals surface area contributed by atoms with Gasteiger partial charge in [0.05, 0.1) is 6.61 Å². The summed E-state index contributed by atoms with van der Waals surface area (Å²) in [5.74, 6) is -0.739. The molecule has 5 heteroatoms.